The van der Waals surface area contributed by atoms with Crippen molar-refractivity contribution in [3.8, 4) is 17.1 Å². The normalized spacial score (nSPS) is 10.8. The molecule has 2 aromatic heterocycles. The summed E-state index contributed by atoms with van der Waals surface area (Å²) in [6.45, 7) is 2.08. The fourth-order valence-corrected chi connectivity index (χ4v) is 2.02. The predicted molar refractivity (Wildman–Crippen MR) is 71.9 cm³/mol. The average Bonchev–Trinajstić information content (AvgIpc) is 2.83. The second-order valence-corrected chi connectivity index (χ2v) is 4.29. The van der Waals surface area contributed by atoms with Crippen LogP contribution in [0.3, 0.4) is 0 Å². The molecule has 0 aliphatic rings. The average molecular weight is 238 g/mol. The highest BCUT2D eigenvalue weighted by atomic mass is 16.5. The fourth-order valence-electron chi connectivity index (χ4n) is 2.02. The monoisotopic (exact) mass is 238 g/mol. The highest BCUT2D eigenvalue weighted by molar-refractivity contribution is 5.63. The lowest BCUT2D eigenvalue weighted by Crippen LogP contribution is -1.91. The van der Waals surface area contributed by atoms with Crippen molar-refractivity contribution in [1.29, 1.82) is 0 Å². The van der Waals surface area contributed by atoms with Crippen molar-refractivity contribution in [3.63, 3.8) is 0 Å². The topological polar surface area (TPSA) is 26.5 Å². The summed E-state index contributed by atoms with van der Waals surface area (Å²) in [5.74, 6) is 0.790. The quantitative estimate of drug-likeness (QED) is 0.684. The minimum atomic E-state index is 0.790. The maximum absolute atomic E-state index is 5.32. The summed E-state index contributed by atoms with van der Waals surface area (Å²) >= 11 is 0. The van der Waals surface area contributed by atoms with Gasteiger partial charge in [-0.15, -0.1) is 0 Å². The van der Waals surface area contributed by atoms with Crippen LogP contribution in [-0.2, 0) is 0 Å². The molecule has 18 heavy (non-hydrogen) atoms. The van der Waals surface area contributed by atoms with Gasteiger partial charge in [0, 0.05) is 11.8 Å². The summed E-state index contributed by atoms with van der Waals surface area (Å²) in [6.07, 6.45) is 2.00. The molecule has 3 nitrogen and oxygen atoms in total. The van der Waals surface area contributed by atoms with Gasteiger partial charge >= 0.3 is 0 Å². The number of imidazole rings is 1. The van der Waals surface area contributed by atoms with Gasteiger partial charge in [0.05, 0.1) is 12.8 Å². The van der Waals surface area contributed by atoms with Crippen molar-refractivity contribution in [2.45, 2.75) is 6.92 Å². The number of ether oxygens (including phenoxy) is 1. The van der Waals surface area contributed by atoms with E-state index in [0.717, 1.165) is 22.8 Å². The number of benzene rings is 1. The molecule has 0 saturated carbocycles. The molecule has 2 heterocycles. The van der Waals surface area contributed by atoms with Crippen LogP contribution < -0.4 is 4.74 Å². The number of fused-ring (bicyclic) bond motifs is 1. The molecule has 0 unspecified atom stereocenters. The summed E-state index contributed by atoms with van der Waals surface area (Å²) < 4.78 is 7.27. The second-order valence-electron chi connectivity index (χ2n) is 4.29. The standard InChI is InChI=1S/C15H14N2O/c1-11-6-8-12(9-7-11)13-10-17-14(16-13)4-3-5-15(17)18-2/h3-10H,1-2H3. The molecule has 0 aliphatic carbocycles. The van der Waals surface area contributed by atoms with E-state index < -0.39 is 0 Å². The first-order valence-electron chi connectivity index (χ1n) is 5.87. The summed E-state index contributed by atoms with van der Waals surface area (Å²) in [5.41, 5.74) is 4.22. The molecule has 0 aliphatic heterocycles. The molecule has 0 fully saturated rings. The number of pyridine rings is 1. The number of hydrogen-bond donors (Lipinski definition) is 0. The van der Waals surface area contributed by atoms with Crippen molar-refractivity contribution < 1.29 is 4.74 Å². The van der Waals surface area contributed by atoms with E-state index in [-0.39, 0.29) is 0 Å². The van der Waals surface area contributed by atoms with Gasteiger partial charge in [0.2, 0.25) is 0 Å². The molecule has 3 aromatic rings. The lowest BCUT2D eigenvalue weighted by atomic mass is 10.1. The number of hydrogen-bond acceptors (Lipinski definition) is 2. The van der Waals surface area contributed by atoms with Crippen LogP contribution in [-0.4, -0.2) is 16.5 Å². The zero-order chi connectivity index (χ0) is 12.5. The summed E-state index contributed by atoms with van der Waals surface area (Å²) in [4.78, 5) is 4.60. The van der Waals surface area contributed by atoms with E-state index in [1.165, 1.54) is 5.56 Å². The van der Waals surface area contributed by atoms with Crippen molar-refractivity contribution >= 4 is 5.65 Å². The number of methoxy groups -OCH3 is 1. The van der Waals surface area contributed by atoms with E-state index in [4.69, 9.17) is 4.74 Å². The number of rotatable bonds is 2. The van der Waals surface area contributed by atoms with Gasteiger partial charge < -0.3 is 4.74 Å². The predicted octanol–water partition coefficient (Wildman–Crippen LogP) is 3.32. The molecule has 0 spiro atoms. The van der Waals surface area contributed by atoms with Gasteiger partial charge in [-0.25, -0.2) is 4.98 Å². The maximum Gasteiger partial charge on any atom is 0.198 e. The second kappa shape index (κ2) is 4.18. The van der Waals surface area contributed by atoms with Crippen LogP contribution in [0.1, 0.15) is 5.56 Å². The third-order valence-electron chi connectivity index (χ3n) is 3.01. The lowest BCUT2D eigenvalue weighted by molar-refractivity contribution is 0.392. The lowest BCUT2D eigenvalue weighted by Gasteiger charge is -2.01. The van der Waals surface area contributed by atoms with Gasteiger partial charge in [0.15, 0.2) is 5.88 Å². The van der Waals surface area contributed by atoms with Gasteiger partial charge in [-0.1, -0.05) is 35.9 Å². The highest BCUT2D eigenvalue weighted by Gasteiger charge is 2.06. The van der Waals surface area contributed by atoms with Crippen LogP contribution in [0.4, 0.5) is 0 Å². The van der Waals surface area contributed by atoms with Gasteiger partial charge in [-0.05, 0) is 19.1 Å². The van der Waals surface area contributed by atoms with Gasteiger partial charge in [-0.2, -0.15) is 0 Å². The molecule has 0 N–H and O–H groups in total. The van der Waals surface area contributed by atoms with Crippen LogP contribution in [0.5, 0.6) is 5.88 Å². The molecular weight excluding hydrogens is 224 g/mol. The zero-order valence-electron chi connectivity index (χ0n) is 10.4. The SMILES string of the molecule is COc1cccc2nc(-c3ccc(C)cc3)cn12. The molecule has 0 radical (unpaired) electrons. The van der Waals surface area contributed by atoms with E-state index in [1.807, 2.05) is 28.8 Å². The van der Waals surface area contributed by atoms with Gasteiger partial charge in [0.1, 0.15) is 5.65 Å². The van der Waals surface area contributed by atoms with Crippen molar-refractivity contribution in [3.05, 3.63) is 54.2 Å². The van der Waals surface area contributed by atoms with Crippen LogP contribution in [0.2, 0.25) is 0 Å². The minimum Gasteiger partial charge on any atom is -0.482 e. The first-order chi connectivity index (χ1) is 8.78. The van der Waals surface area contributed by atoms with Crippen LogP contribution >= 0.6 is 0 Å². The van der Waals surface area contributed by atoms with E-state index >= 15 is 0 Å². The minimum absolute atomic E-state index is 0.790. The Morgan fingerprint density at radius 3 is 2.56 bits per heavy atom. The van der Waals surface area contributed by atoms with Crippen LogP contribution in [0.25, 0.3) is 16.9 Å². The Morgan fingerprint density at radius 1 is 1.06 bits per heavy atom. The number of nitrogens with zero attached hydrogens (tertiary/aromatic N) is 2. The van der Waals surface area contributed by atoms with E-state index in [2.05, 4.69) is 36.2 Å². The Kier molecular flexibility index (Phi) is 2.52. The molecule has 3 heteroatoms. The highest BCUT2D eigenvalue weighted by Crippen LogP contribution is 2.22. The van der Waals surface area contributed by atoms with E-state index in [9.17, 15) is 0 Å². The Balaban J connectivity index is 2.16. The summed E-state index contributed by atoms with van der Waals surface area (Å²) in [5, 5.41) is 0. The van der Waals surface area contributed by atoms with Gasteiger partial charge in [0.25, 0.3) is 0 Å². The molecule has 0 bridgehead atoms. The molecule has 1 aromatic carbocycles. The first-order valence-corrected chi connectivity index (χ1v) is 5.87. The third-order valence-corrected chi connectivity index (χ3v) is 3.01. The third kappa shape index (κ3) is 1.74. The number of aromatic nitrogens is 2. The molecule has 0 saturated heterocycles. The fraction of sp³-hybridized carbons (Fsp3) is 0.133. The van der Waals surface area contributed by atoms with Crippen molar-refractivity contribution in [1.82, 2.24) is 9.38 Å². The number of aryl methyl sites for hydroxylation is 1. The molecule has 0 atom stereocenters. The first kappa shape index (κ1) is 10.8. The molecule has 90 valence electrons. The molecule has 0 amide bonds. The zero-order valence-corrected chi connectivity index (χ0v) is 10.4. The van der Waals surface area contributed by atoms with Crippen LogP contribution in [0.15, 0.2) is 48.7 Å². The Labute approximate surface area is 106 Å². The van der Waals surface area contributed by atoms with E-state index in [0.29, 0.717) is 0 Å². The molecular formula is C15H14N2O. The van der Waals surface area contributed by atoms with Crippen molar-refractivity contribution in [2.24, 2.45) is 0 Å². The van der Waals surface area contributed by atoms with Crippen molar-refractivity contribution in [2.75, 3.05) is 7.11 Å². The Hall–Kier alpha value is -2.29. The smallest absolute Gasteiger partial charge is 0.198 e. The Morgan fingerprint density at radius 2 is 1.83 bits per heavy atom. The maximum atomic E-state index is 5.32. The largest absolute Gasteiger partial charge is 0.482 e. The summed E-state index contributed by atoms with van der Waals surface area (Å²) in [7, 11) is 1.67. The molecule has 3 rings (SSSR count). The van der Waals surface area contributed by atoms with E-state index in [1.54, 1.807) is 7.11 Å². The Bertz CT molecular complexity index is 683. The van der Waals surface area contributed by atoms with Crippen LogP contribution in [0, 0.1) is 6.92 Å². The summed E-state index contributed by atoms with van der Waals surface area (Å²) in [6, 6.07) is 14.2. The van der Waals surface area contributed by atoms with Gasteiger partial charge in [-0.3, -0.25) is 4.40 Å².